The molecule has 0 saturated carbocycles. The van der Waals surface area contributed by atoms with Gasteiger partial charge in [0, 0.05) is 5.56 Å². The first-order chi connectivity index (χ1) is 15.3. The number of thiazole rings is 1. The number of carbonyl (C=O) groups excluding carboxylic acids is 1. The standard InChI is InChI=1S/C25H24N2O3S2/c1-4-32(29,30)21-12-8-11-20(15-21)24(28)27(16-19-9-6-5-7-10-19)25-26-22-17(2)13-14-18(3)23(22)31-25/h5-15H,4,16H2,1-3H3. The minimum Gasteiger partial charge on any atom is -0.279 e. The number of hydrogen-bond donors (Lipinski definition) is 0. The number of hydrogen-bond acceptors (Lipinski definition) is 5. The average Bonchev–Trinajstić information content (AvgIpc) is 3.27. The van der Waals surface area contributed by atoms with Gasteiger partial charge in [-0.2, -0.15) is 0 Å². The number of benzene rings is 3. The molecular weight excluding hydrogens is 440 g/mol. The number of sulfone groups is 1. The van der Waals surface area contributed by atoms with E-state index in [9.17, 15) is 13.2 Å². The summed E-state index contributed by atoms with van der Waals surface area (Å²) in [7, 11) is -3.42. The summed E-state index contributed by atoms with van der Waals surface area (Å²) in [6.07, 6.45) is 0. The zero-order valence-corrected chi connectivity index (χ0v) is 19.8. The SMILES string of the molecule is CCS(=O)(=O)c1cccc(C(=O)N(Cc2ccccc2)c2nc3c(C)ccc(C)c3s2)c1. The van der Waals surface area contributed by atoms with E-state index in [4.69, 9.17) is 4.98 Å². The minimum absolute atomic E-state index is 0.0191. The summed E-state index contributed by atoms with van der Waals surface area (Å²) in [5, 5.41) is 0.593. The van der Waals surface area contributed by atoms with Crippen LogP contribution in [0.1, 0.15) is 34.0 Å². The molecule has 4 aromatic rings. The predicted molar refractivity (Wildman–Crippen MR) is 130 cm³/mol. The number of amides is 1. The third-order valence-electron chi connectivity index (χ3n) is 5.41. The van der Waals surface area contributed by atoms with Gasteiger partial charge in [-0.25, -0.2) is 13.4 Å². The summed E-state index contributed by atoms with van der Waals surface area (Å²) < 4.78 is 25.8. The van der Waals surface area contributed by atoms with Crippen LogP contribution in [0.25, 0.3) is 10.2 Å². The summed E-state index contributed by atoms with van der Waals surface area (Å²) in [5.41, 5.74) is 4.33. The van der Waals surface area contributed by atoms with Gasteiger partial charge in [-0.15, -0.1) is 0 Å². The molecule has 0 bridgehead atoms. The Hall–Kier alpha value is -3.03. The largest absolute Gasteiger partial charge is 0.279 e. The first-order valence-corrected chi connectivity index (χ1v) is 12.8. The van der Waals surface area contributed by atoms with Crippen LogP contribution in [0.15, 0.2) is 71.6 Å². The quantitative estimate of drug-likeness (QED) is 0.375. The van der Waals surface area contributed by atoms with Crippen LogP contribution in [0.3, 0.4) is 0 Å². The Balaban J connectivity index is 1.82. The first-order valence-electron chi connectivity index (χ1n) is 10.4. The van der Waals surface area contributed by atoms with E-state index >= 15 is 0 Å². The van der Waals surface area contributed by atoms with Gasteiger partial charge in [0.2, 0.25) is 0 Å². The normalized spacial score (nSPS) is 11.6. The molecule has 0 radical (unpaired) electrons. The Labute approximate surface area is 192 Å². The number of aryl methyl sites for hydroxylation is 2. The number of rotatable bonds is 6. The molecule has 0 aliphatic rings. The van der Waals surface area contributed by atoms with E-state index in [1.165, 1.54) is 23.5 Å². The van der Waals surface area contributed by atoms with Gasteiger partial charge in [0.15, 0.2) is 15.0 Å². The van der Waals surface area contributed by atoms with Crippen molar-refractivity contribution in [2.75, 3.05) is 10.7 Å². The molecule has 1 heterocycles. The Morgan fingerprint density at radius 1 is 0.969 bits per heavy atom. The van der Waals surface area contributed by atoms with Gasteiger partial charge in [-0.3, -0.25) is 9.69 Å². The molecule has 0 N–H and O–H groups in total. The van der Waals surface area contributed by atoms with Crippen LogP contribution in [0.2, 0.25) is 0 Å². The van der Waals surface area contributed by atoms with Gasteiger partial charge in [0.05, 0.1) is 27.4 Å². The van der Waals surface area contributed by atoms with E-state index in [2.05, 4.69) is 6.07 Å². The van der Waals surface area contributed by atoms with Gasteiger partial charge in [0.25, 0.3) is 5.91 Å². The predicted octanol–water partition coefficient (Wildman–Crippen LogP) is 5.55. The van der Waals surface area contributed by atoms with Crippen molar-refractivity contribution in [2.24, 2.45) is 0 Å². The van der Waals surface area contributed by atoms with Crippen molar-refractivity contribution in [3.8, 4) is 0 Å². The molecule has 1 aromatic heterocycles. The lowest BCUT2D eigenvalue weighted by Gasteiger charge is -2.20. The van der Waals surface area contributed by atoms with E-state index < -0.39 is 9.84 Å². The molecule has 7 heteroatoms. The van der Waals surface area contributed by atoms with Gasteiger partial charge in [-0.05, 0) is 48.7 Å². The van der Waals surface area contributed by atoms with Crippen LogP contribution in [0, 0.1) is 13.8 Å². The molecule has 0 fully saturated rings. The zero-order valence-electron chi connectivity index (χ0n) is 18.2. The molecule has 0 saturated heterocycles. The number of anilines is 1. The van der Waals surface area contributed by atoms with E-state index in [0.717, 1.165) is 26.9 Å². The molecule has 5 nitrogen and oxygen atoms in total. The molecule has 0 aliphatic heterocycles. The molecule has 0 unspecified atom stereocenters. The third kappa shape index (κ3) is 4.31. The monoisotopic (exact) mass is 464 g/mol. The van der Waals surface area contributed by atoms with Crippen molar-refractivity contribution in [3.05, 3.63) is 89.0 Å². The Bertz CT molecular complexity index is 1350. The summed E-state index contributed by atoms with van der Waals surface area (Å²) in [6.45, 7) is 5.97. The molecule has 3 aromatic carbocycles. The molecule has 0 atom stereocenters. The van der Waals surface area contributed by atoms with E-state index in [-0.39, 0.29) is 16.6 Å². The molecule has 1 amide bonds. The number of carbonyl (C=O) groups is 1. The van der Waals surface area contributed by atoms with Crippen molar-refractivity contribution < 1.29 is 13.2 Å². The van der Waals surface area contributed by atoms with Crippen LogP contribution < -0.4 is 4.90 Å². The summed E-state index contributed by atoms with van der Waals surface area (Å²) >= 11 is 1.48. The van der Waals surface area contributed by atoms with E-state index in [1.807, 2.05) is 50.2 Å². The van der Waals surface area contributed by atoms with E-state index in [0.29, 0.717) is 17.2 Å². The minimum atomic E-state index is -3.42. The van der Waals surface area contributed by atoms with Gasteiger partial charge < -0.3 is 0 Å². The highest BCUT2D eigenvalue weighted by Gasteiger charge is 2.24. The Kier molecular flexibility index (Phi) is 6.13. The smallest absolute Gasteiger partial charge is 0.260 e. The van der Waals surface area contributed by atoms with Crippen molar-refractivity contribution in [3.63, 3.8) is 0 Å². The molecule has 164 valence electrons. The second-order valence-corrected chi connectivity index (χ2v) is 10.9. The maximum Gasteiger partial charge on any atom is 0.260 e. The molecule has 0 spiro atoms. The maximum absolute atomic E-state index is 13.7. The number of nitrogens with zero attached hydrogens (tertiary/aromatic N) is 2. The third-order valence-corrected chi connectivity index (χ3v) is 8.36. The molecular formula is C25H24N2O3S2. The second kappa shape index (κ2) is 8.84. The second-order valence-electron chi connectivity index (χ2n) is 7.68. The number of fused-ring (bicyclic) bond motifs is 1. The van der Waals surface area contributed by atoms with Crippen LogP contribution in [0.4, 0.5) is 5.13 Å². The topological polar surface area (TPSA) is 67.3 Å². The summed E-state index contributed by atoms with van der Waals surface area (Å²) in [4.78, 5) is 20.3. The van der Waals surface area contributed by atoms with Gasteiger partial charge >= 0.3 is 0 Å². The Morgan fingerprint density at radius 3 is 2.38 bits per heavy atom. The lowest BCUT2D eigenvalue weighted by molar-refractivity contribution is 0.0985. The van der Waals surface area contributed by atoms with Crippen molar-refractivity contribution in [2.45, 2.75) is 32.2 Å². The van der Waals surface area contributed by atoms with Crippen LogP contribution in [0.5, 0.6) is 0 Å². The van der Waals surface area contributed by atoms with Crippen molar-refractivity contribution in [1.29, 1.82) is 0 Å². The Morgan fingerprint density at radius 2 is 1.69 bits per heavy atom. The highest BCUT2D eigenvalue weighted by molar-refractivity contribution is 7.91. The maximum atomic E-state index is 13.7. The fourth-order valence-corrected chi connectivity index (χ4v) is 5.54. The summed E-state index contributed by atoms with van der Waals surface area (Å²) in [5.74, 6) is -0.300. The van der Waals surface area contributed by atoms with Gasteiger partial charge in [0.1, 0.15) is 0 Å². The number of aromatic nitrogens is 1. The van der Waals surface area contributed by atoms with Gasteiger partial charge in [-0.1, -0.05) is 66.8 Å². The lowest BCUT2D eigenvalue weighted by atomic mass is 10.1. The van der Waals surface area contributed by atoms with E-state index in [1.54, 1.807) is 24.0 Å². The van der Waals surface area contributed by atoms with Crippen molar-refractivity contribution in [1.82, 2.24) is 4.98 Å². The van der Waals surface area contributed by atoms with Crippen LogP contribution in [-0.2, 0) is 16.4 Å². The fraction of sp³-hybridized carbons (Fsp3) is 0.200. The zero-order chi connectivity index (χ0) is 22.9. The van der Waals surface area contributed by atoms with Crippen LogP contribution >= 0.6 is 11.3 Å². The molecule has 4 rings (SSSR count). The lowest BCUT2D eigenvalue weighted by Crippen LogP contribution is -2.30. The first kappa shape index (κ1) is 22.2. The fourth-order valence-electron chi connectivity index (χ4n) is 3.50. The molecule has 32 heavy (non-hydrogen) atoms. The highest BCUT2D eigenvalue weighted by atomic mass is 32.2. The highest BCUT2D eigenvalue weighted by Crippen LogP contribution is 2.34. The average molecular weight is 465 g/mol. The molecule has 0 aliphatic carbocycles. The van der Waals surface area contributed by atoms with Crippen molar-refractivity contribution >= 4 is 42.4 Å². The summed E-state index contributed by atoms with van der Waals surface area (Å²) in [6, 6.07) is 20.1. The van der Waals surface area contributed by atoms with Crippen LogP contribution in [-0.4, -0.2) is 25.1 Å².